The van der Waals surface area contributed by atoms with Crippen LogP contribution in [0.25, 0.3) is 0 Å². The number of morpholine rings is 1. The summed E-state index contributed by atoms with van der Waals surface area (Å²) in [5.41, 5.74) is 1.77. The van der Waals surface area contributed by atoms with Gasteiger partial charge in [-0.1, -0.05) is 31.2 Å². The number of esters is 1. The number of hydrogen-bond donors (Lipinski definition) is 0. The summed E-state index contributed by atoms with van der Waals surface area (Å²) in [6.07, 6.45) is 0.536. The topological polar surface area (TPSA) is 253 Å². The number of rotatable bonds is 31. The molecule has 22 nitrogen and oxygen atoms in total. The molecular formula is C43H69N5O17. The third-order valence-corrected chi connectivity index (χ3v) is 12.0. The predicted octanol–water partition coefficient (Wildman–Crippen LogP) is 4.73. The minimum atomic E-state index is -1.27. The van der Waals surface area contributed by atoms with Crippen LogP contribution in [0.3, 0.4) is 0 Å². The number of ether oxygens (including phenoxy) is 6. The van der Waals surface area contributed by atoms with Crippen molar-refractivity contribution in [2.45, 2.75) is 134 Å². The van der Waals surface area contributed by atoms with Crippen LogP contribution >= 0.6 is 0 Å². The Hall–Kier alpha value is -4.48. The number of piperidine rings is 1. The number of carbonyl (C=O) groups is 2. The lowest BCUT2D eigenvalue weighted by Crippen LogP contribution is -2.56. The molecule has 65 heavy (non-hydrogen) atoms. The molecule has 2 saturated heterocycles. The molecule has 2 heterocycles. The van der Waals surface area contributed by atoms with Crippen LogP contribution in [0.1, 0.15) is 102 Å². The number of carbonyl (C=O) groups excluding carboxylic acids is 2. The summed E-state index contributed by atoms with van der Waals surface area (Å²) in [4.78, 5) is 77.7. The molecule has 0 N–H and O–H groups in total. The molecule has 1 aromatic rings. The lowest BCUT2D eigenvalue weighted by molar-refractivity contribution is -0.790. The molecule has 1 aliphatic carbocycles. The van der Waals surface area contributed by atoms with E-state index in [0.717, 1.165) is 49.9 Å². The van der Waals surface area contributed by atoms with E-state index in [1.807, 2.05) is 31.2 Å². The molecule has 1 aromatic carbocycles. The van der Waals surface area contributed by atoms with Crippen molar-refractivity contribution in [3.05, 3.63) is 65.7 Å². The van der Waals surface area contributed by atoms with Gasteiger partial charge in [-0.3, -0.25) is 14.5 Å². The molecule has 3 aliphatic rings. The standard InChI is InChI=1S/C43H69N5O17/c1-5-58-26-31(2)27-59-28-33-13-16-35(17-14-33)43-39(61-29-34-15-18-38-37(23-34)44(20-22-60-38)19-8-21-57-4)24-45(25-40(43)63-42(50)12-6-9-32(3)64-47(53)54)41(49)11-7-10-36(65-48(55)56)30-62-46(51)52/h13-14,16-17,31-32,34,36-40,43H,5-12,15,18-30H2,1-4H3. The Labute approximate surface area is 380 Å². The fourth-order valence-corrected chi connectivity index (χ4v) is 8.86. The van der Waals surface area contributed by atoms with Gasteiger partial charge in [-0.25, -0.2) is 0 Å². The summed E-state index contributed by atoms with van der Waals surface area (Å²) in [6, 6.07) is 8.07. The van der Waals surface area contributed by atoms with Gasteiger partial charge in [0.05, 0.1) is 51.1 Å². The summed E-state index contributed by atoms with van der Waals surface area (Å²) < 4.78 is 36.1. The first-order valence-electron chi connectivity index (χ1n) is 22.8. The van der Waals surface area contributed by atoms with Gasteiger partial charge in [0.15, 0.2) is 0 Å². The van der Waals surface area contributed by atoms with Crippen LogP contribution in [0.5, 0.6) is 0 Å². The SMILES string of the molecule is CCOCC(C)COCc1ccc(C2C(OCC3CCC4OCCN(CCCOC)C4C3)CN(C(=O)CCCC(CO[N+](=O)[O-])O[N+](=O)[O-])CC2OC(=O)CCCC(C)O[N+](=O)[O-])cc1. The van der Waals surface area contributed by atoms with Crippen molar-refractivity contribution < 1.29 is 67.8 Å². The van der Waals surface area contributed by atoms with Crippen molar-refractivity contribution >= 4 is 11.9 Å². The highest BCUT2D eigenvalue weighted by atomic mass is 17.0. The lowest BCUT2D eigenvalue weighted by atomic mass is 9.81. The van der Waals surface area contributed by atoms with E-state index in [9.17, 15) is 39.9 Å². The van der Waals surface area contributed by atoms with Crippen molar-refractivity contribution in [2.24, 2.45) is 11.8 Å². The van der Waals surface area contributed by atoms with Gasteiger partial charge in [0.1, 0.15) is 24.9 Å². The zero-order chi connectivity index (χ0) is 47.1. The van der Waals surface area contributed by atoms with Crippen molar-refractivity contribution in [1.82, 2.24) is 9.80 Å². The van der Waals surface area contributed by atoms with E-state index in [1.54, 1.807) is 18.9 Å². The predicted molar refractivity (Wildman–Crippen MR) is 230 cm³/mol. The molecule has 9 atom stereocenters. The van der Waals surface area contributed by atoms with E-state index in [0.29, 0.717) is 46.2 Å². The van der Waals surface area contributed by atoms with Gasteiger partial charge in [0, 0.05) is 71.4 Å². The van der Waals surface area contributed by atoms with E-state index >= 15 is 0 Å². The van der Waals surface area contributed by atoms with E-state index in [4.69, 9.17) is 28.4 Å². The largest absolute Gasteiger partial charge is 0.460 e. The first-order chi connectivity index (χ1) is 31.3. The smallest absolute Gasteiger partial charge is 0.306 e. The Morgan fingerprint density at radius 2 is 1.60 bits per heavy atom. The van der Waals surface area contributed by atoms with Crippen molar-refractivity contribution in [1.29, 1.82) is 0 Å². The summed E-state index contributed by atoms with van der Waals surface area (Å²) in [5, 5.41) is 29.6. The number of likely N-dealkylation sites (tertiary alicyclic amines) is 1. The fourth-order valence-electron chi connectivity index (χ4n) is 8.86. The second-order valence-corrected chi connectivity index (χ2v) is 17.2. The molecule has 4 rings (SSSR count). The molecule has 0 bridgehead atoms. The Morgan fingerprint density at radius 3 is 2.31 bits per heavy atom. The first-order valence-corrected chi connectivity index (χ1v) is 22.8. The minimum absolute atomic E-state index is 0.0126. The molecule has 22 heteroatoms. The highest BCUT2D eigenvalue weighted by molar-refractivity contribution is 5.76. The quantitative estimate of drug-likeness (QED) is 0.0422. The Kier molecular flexibility index (Phi) is 23.3. The number of benzene rings is 1. The van der Waals surface area contributed by atoms with Crippen LogP contribution in [-0.4, -0.2) is 153 Å². The van der Waals surface area contributed by atoms with Crippen LogP contribution in [-0.2, 0) is 59.1 Å². The average Bonchev–Trinajstić information content (AvgIpc) is 3.26. The number of nitrogens with zero attached hydrogens (tertiary/aromatic N) is 5. The molecule has 2 aliphatic heterocycles. The van der Waals surface area contributed by atoms with E-state index in [1.165, 1.54) is 0 Å². The van der Waals surface area contributed by atoms with Crippen molar-refractivity contribution in [2.75, 3.05) is 79.5 Å². The highest BCUT2D eigenvalue weighted by Crippen LogP contribution is 2.37. The fraction of sp³-hybridized carbons (Fsp3) is 0.814. The van der Waals surface area contributed by atoms with Crippen molar-refractivity contribution in [3.63, 3.8) is 0 Å². The molecule has 9 unspecified atom stereocenters. The number of methoxy groups -OCH3 is 1. The van der Waals surface area contributed by atoms with E-state index in [-0.39, 0.29) is 81.5 Å². The first kappa shape index (κ1) is 53.1. The Bertz CT molecular complexity index is 1610. The van der Waals surface area contributed by atoms with E-state index in [2.05, 4.69) is 26.3 Å². The second-order valence-electron chi connectivity index (χ2n) is 17.2. The molecular weight excluding hydrogens is 858 g/mol. The average molecular weight is 928 g/mol. The highest BCUT2D eigenvalue weighted by Gasteiger charge is 2.44. The number of hydrogen-bond acceptors (Lipinski definition) is 18. The van der Waals surface area contributed by atoms with Gasteiger partial charge in [0.25, 0.3) is 15.3 Å². The van der Waals surface area contributed by atoms with Crippen LogP contribution < -0.4 is 0 Å². The Balaban J connectivity index is 1.56. The van der Waals surface area contributed by atoms with Gasteiger partial charge in [-0.05, 0) is 82.3 Å². The second kappa shape index (κ2) is 28.5. The summed E-state index contributed by atoms with van der Waals surface area (Å²) >= 11 is 0. The van der Waals surface area contributed by atoms with Gasteiger partial charge < -0.3 is 47.8 Å². The minimum Gasteiger partial charge on any atom is -0.460 e. The van der Waals surface area contributed by atoms with Crippen LogP contribution in [0.2, 0.25) is 0 Å². The molecule has 0 radical (unpaired) electrons. The third-order valence-electron chi connectivity index (χ3n) is 12.0. The molecule has 0 spiro atoms. The zero-order valence-electron chi connectivity index (χ0n) is 38.2. The van der Waals surface area contributed by atoms with Gasteiger partial charge >= 0.3 is 5.97 Å². The van der Waals surface area contributed by atoms with Gasteiger partial charge in [-0.15, -0.1) is 30.3 Å². The molecule has 368 valence electrons. The maximum Gasteiger partial charge on any atom is 0.306 e. The van der Waals surface area contributed by atoms with Crippen LogP contribution in [0.4, 0.5) is 0 Å². The molecule has 1 saturated carbocycles. The molecule has 3 fully saturated rings. The summed E-state index contributed by atoms with van der Waals surface area (Å²) in [6.45, 7) is 10.6. The normalized spacial score (nSPS) is 23.7. The van der Waals surface area contributed by atoms with E-state index < -0.39 is 58.2 Å². The third kappa shape index (κ3) is 19.1. The molecule has 1 amide bonds. The maximum absolute atomic E-state index is 14.0. The number of amides is 1. The molecule has 0 aromatic heterocycles. The zero-order valence-corrected chi connectivity index (χ0v) is 38.2. The van der Waals surface area contributed by atoms with Gasteiger partial charge in [-0.2, -0.15) is 0 Å². The van der Waals surface area contributed by atoms with Crippen molar-refractivity contribution in [3.8, 4) is 0 Å². The van der Waals surface area contributed by atoms with Crippen LogP contribution in [0, 0.1) is 42.2 Å². The lowest BCUT2D eigenvalue weighted by Gasteiger charge is -2.47. The van der Waals surface area contributed by atoms with Gasteiger partial charge in [0.2, 0.25) is 5.91 Å². The summed E-state index contributed by atoms with van der Waals surface area (Å²) in [7, 11) is 1.70. The Morgan fingerprint density at radius 1 is 0.877 bits per heavy atom. The van der Waals surface area contributed by atoms with Crippen LogP contribution in [0.15, 0.2) is 24.3 Å². The monoisotopic (exact) mass is 927 g/mol. The summed E-state index contributed by atoms with van der Waals surface area (Å²) in [5.74, 6) is -0.989. The maximum atomic E-state index is 14.0. The number of fused-ring (bicyclic) bond motifs is 1.